The Labute approximate surface area is 177 Å². The van der Waals surface area contributed by atoms with Crippen molar-refractivity contribution >= 4 is 11.8 Å². The third kappa shape index (κ3) is 4.40. The Morgan fingerprint density at radius 1 is 1.07 bits per heavy atom. The average Bonchev–Trinajstić information content (AvgIpc) is 3.02. The number of fused-ring (bicyclic) bond motifs is 1. The topological polar surface area (TPSA) is 80.1 Å². The monoisotopic (exact) mass is 409 g/mol. The van der Waals surface area contributed by atoms with Crippen LogP contribution in [-0.4, -0.2) is 51.1 Å². The zero-order valence-corrected chi connectivity index (χ0v) is 18.0. The molecule has 3 heterocycles. The lowest BCUT2D eigenvalue weighted by Crippen LogP contribution is -2.45. The molecule has 4 rings (SSSR count). The van der Waals surface area contributed by atoms with E-state index < -0.39 is 0 Å². The Morgan fingerprint density at radius 2 is 1.93 bits per heavy atom. The van der Waals surface area contributed by atoms with Gasteiger partial charge in [0.15, 0.2) is 0 Å². The first-order chi connectivity index (χ1) is 14.5. The molecule has 0 bridgehead atoms. The molecule has 1 aromatic carbocycles. The van der Waals surface area contributed by atoms with Gasteiger partial charge in [0.1, 0.15) is 11.6 Å². The van der Waals surface area contributed by atoms with Crippen LogP contribution in [0.15, 0.2) is 18.2 Å². The van der Waals surface area contributed by atoms with Crippen molar-refractivity contribution in [2.24, 2.45) is 0 Å². The number of nitrogens with zero attached hydrogens (tertiary/aromatic N) is 4. The largest absolute Gasteiger partial charge is 0.343 e. The van der Waals surface area contributed by atoms with E-state index in [-0.39, 0.29) is 24.3 Å². The van der Waals surface area contributed by atoms with Gasteiger partial charge in [-0.3, -0.25) is 9.59 Å². The van der Waals surface area contributed by atoms with Crippen LogP contribution in [0, 0.1) is 13.8 Å². The Balaban J connectivity index is 1.36. The molecule has 160 valence electrons. The molecule has 2 aliphatic rings. The van der Waals surface area contributed by atoms with E-state index in [1.165, 1.54) is 12.8 Å². The second-order valence-corrected chi connectivity index (χ2v) is 8.60. The predicted octanol–water partition coefficient (Wildman–Crippen LogP) is 2.76. The van der Waals surface area contributed by atoms with Crippen LogP contribution in [0.1, 0.15) is 71.2 Å². The number of benzene rings is 1. The number of hydrogen-bond acceptors (Lipinski definition) is 4. The number of aryl methyl sites for hydroxylation is 3. The number of carbonyl (C=O) groups excluding carboxylic acids is 2. The molecule has 1 fully saturated rings. The zero-order valence-electron chi connectivity index (χ0n) is 18.0. The molecule has 7 nitrogen and oxygen atoms in total. The van der Waals surface area contributed by atoms with Gasteiger partial charge in [0.25, 0.3) is 5.91 Å². The standard InChI is InChI=1S/C23H31N5O2/c1-16-9-10-18(13-17(16)2)23(30)24-14-21(29)27-11-6-7-19(15-27)22-26-25-20-8-4-3-5-12-28(20)22/h9-10,13,19H,3-8,11-12,14-15H2,1-2H3,(H,24,30). The molecule has 1 atom stereocenters. The predicted molar refractivity (Wildman–Crippen MR) is 114 cm³/mol. The van der Waals surface area contributed by atoms with Gasteiger partial charge in [-0.15, -0.1) is 10.2 Å². The zero-order chi connectivity index (χ0) is 21.1. The van der Waals surface area contributed by atoms with Crippen molar-refractivity contribution in [1.29, 1.82) is 0 Å². The molecule has 0 spiro atoms. The molecule has 0 aliphatic carbocycles. The Morgan fingerprint density at radius 3 is 2.77 bits per heavy atom. The van der Waals surface area contributed by atoms with Crippen molar-refractivity contribution in [3.8, 4) is 0 Å². The van der Waals surface area contributed by atoms with Crippen LogP contribution in [-0.2, 0) is 17.8 Å². The van der Waals surface area contributed by atoms with Gasteiger partial charge in [-0.05, 0) is 62.8 Å². The third-order valence-electron chi connectivity index (χ3n) is 6.45. The summed E-state index contributed by atoms with van der Waals surface area (Å²) in [5.41, 5.74) is 2.81. The van der Waals surface area contributed by atoms with Gasteiger partial charge in [0.05, 0.1) is 6.54 Å². The Kier molecular flexibility index (Phi) is 6.16. The minimum Gasteiger partial charge on any atom is -0.343 e. The summed E-state index contributed by atoms with van der Waals surface area (Å²) >= 11 is 0. The summed E-state index contributed by atoms with van der Waals surface area (Å²) in [6, 6.07) is 5.60. The lowest BCUT2D eigenvalue weighted by atomic mass is 9.97. The van der Waals surface area contributed by atoms with Gasteiger partial charge in [0, 0.05) is 37.5 Å². The summed E-state index contributed by atoms with van der Waals surface area (Å²) in [5.74, 6) is 2.10. The molecule has 7 heteroatoms. The highest BCUT2D eigenvalue weighted by atomic mass is 16.2. The van der Waals surface area contributed by atoms with Gasteiger partial charge in [0.2, 0.25) is 5.91 Å². The average molecular weight is 410 g/mol. The molecule has 1 aromatic heterocycles. The number of hydrogen-bond donors (Lipinski definition) is 1. The van der Waals surface area contributed by atoms with Crippen LogP contribution in [0.25, 0.3) is 0 Å². The minimum atomic E-state index is -0.206. The summed E-state index contributed by atoms with van der Waals surface area (Å²) in [5, 5.41) is 11.7. The highest BCUT2D eigenvalue weighted by molar-refractivity contribution is 5.96. The third-order valence-corrected chi connectivity index (χ3v) is 6.45. The van der Waals surface area contributed by atoms with Crippen LogP contribution in [0.5, 0.6) is 0 Å². The first-order valence-electron chi connectivity index (χ1n) is 11.1. The summed E-state index contributed by atoms with van der Waals surface area (Å²) < 4.78 is 2.28. The maximum atomic E-state index is 12.8. The molecule has 0 radical (unpaired) electrons. The molecule has 0 saturated carbocycles. The molecular formula is C23H31N5O2. The van der Waals surface area contributed by atoms with Crippen LogP contribution >= 0.6 is 0 Å². The lowest BCUT2D eigenvalue weighted by molar-refractivity contribution is -0.131. The van der Waals surface area contributed by atoms with Crippen LogP contribution in [0.3, 0.4) is 0 Å². The van der Waals surface area contributed by atoms with Crippen molar-refractivity contribution in [3.05, 3.63) is 46.5 Å². The molecule has 2 aliphatic heterocycles. The fraction of sp³-hybridized carbons (Fsp3) is 0.565. The number of nitrogens with one attached hydrogen (secondary N) is 1. The number of aromatic nitrogens is 3. The highest BCUT2D eigenvalue weighted by Gasteiger charge is 2.29. The Bertz CT molecular complexity index is 936. The fourth-order valence-electron chi connectivity index (χ4n) is 4.48. The Hall–Kier alpha value is -2.70. The van der Waals surface area contributed by atoms with E-state index in [0.29, 0.717) is 12.1 Å². The minimum absolute atomic E-state index is 0.0242. The van der Waals surface area contributed by atoms with E-state index in [1.807, 2.05) is 30.9 Å². The van der Waals surface area contributed by atoms with Gasteiger partial charge >= 0.3 is 0 Å². The molecule has 1 N–H and O–H groups in total. The molecular weight excluding hydrogens is 378 g/mol. The van der Waals surface area contributed by atoms with Crippen LogP contribution in [0.2, 0.25) is 0 Å². The molecule has 1 saturated heterocycles. The van der Waals surface area contributed by atoms with E-state index in [0.717, 1.165) is 61.5 Å². The van der Waals surface area contributed by atoms with E-state index in [1.54, 1.807) is 6.07 Å². The highest BCUT2D eigenvalue weighted by Crippen LogP contribution is 2.28. The number of amides is 2. The molecule has 2 aromatic rings. The van der Waals surface area contributed by atoms with Crippen molar-refractivity contribution in [2.75, 3.05) is 19.6 Å². The van der Waals surface area contributed by atoms with Crippen molar-refractivity contribution in [3.63, 3.8) is 0 Å². The lowest BCUT2D eigenvalue weighted by Gasteiger charge is -2.32. The van der Waals surface area contributed by atoms with Gasteiger partial charge < -0.3 is 14.8 Å². The maximum absolute atomic E-state index is 12.8. The number of rotatable bonds is 4. The van der Waals surface area contributed by atoms with Gasteiger partial charge in [-0.2, -0.15) is 0 Å². The van der Waals surface area contributed by atoms with E-state index in [4.69, 9.17) is 0 Å². The second kappa shape index (κ2) is 8.98. The number of likely N-dealkylation sites (tertiary alicyclic amines) is 1. The van der Waals surface area contributed by atoms with E-state index in [2.05, 4.69) is 20.1 Å². The number of carbonyl (C=O) groups is 2. The maximum Gasteiger partial charge on any atom is 0.251 e. The van der Waals surface area contributed by atoms with Crippen molar-refractivity contribution < 1.29 is 9.59 Å². The molecule has 2 amide bonds. The second-order valence-electron chi connectivity index (χ2n) is 8.60. The van der Waals surface area contributed by atoms with Crippen molar-refractivity contribution in [1.82, 2.24) is 25.0 Å². The van der Waals surface area contributed by atoms with Crippen LogP contribution < -0.4 is 5.32 Å². The normalized spacial score (nSPS) is 19.1. The van der Waals surface area contributed by atoms with Gasteiger partial charge in [-0.25, -0.2) is 0 Å². The van der Waals surface area contributed by atoms with Crippen molar-refractivity contribution in [2.45, 2.75) is 64.8 Å². The first kappa shape index (κ1) is 20.6. The summed E-state index contributed by atoms with van der Waals surface area (Å²) in [7, 11) is 0. The van der Waals surface area contributed by atoms with Gasteiger partial charge in [-0.1, -0.05) is 12.5 Å². The van der Waals surface area contributed by atoms with Crippen LogP contribution in [0.4, 0.5) is 0 Å². The smallest absolute Gasteiger partial charge is 0.251 e. The quantitative estimate of drug-likeness (QED) is 0.842. The first-order valence-corrected chi connectivity index (χ1v) is 11.1. The number of piperidine rings is 1. The summed E-state index contributed by atoms with van der Waals surface area (Å²) in [4.78, 5) is 27.1. The van der Waals surface area contributed by atoms with E-state index >= 15 is 0 Å². The molecule has 30 heavy (non-hydrogen) atoms. The SMILES string of the molecule is Cc1ccc(C(=O)NCC(=O)N2CCCC(c3nnc4n3CCCCC4)C2)cc1C. The molecule has 1 unspecified atom stereocenters. The summed E-state index contributed by atoms with van der Waals surface area (Å²) in [6.07, 6.45) is 6.54. The van der Waals surface area contributed by atoms with E-state index in [9.17, 15) is 9.59 Å². The fourth-order valence-corrected chi connectivity index (χ4v) is 4.48. The summed E-state index contributed by atoms with van der Waals surface area (Å²) in [6.45, 7) is 6.38.